The van der Waals surface area contributed by atoms with Crippen LogP contribution in [0.3, 0.4) is 0 Å². The average molecular weight is 291 g/mol. The van der Waals surface area contributed by atoms with Gasteiger partial charge >= 0.3 is 0 Å². The van der Waals surface area contributed by atoms with Gasteiger partial charge in [0, 0.05) is 30.7 Å². The van der Waals surface area contributed by atoms with Crippen molar-refractivity contribution in [1.29, 1.82) is 0 Å². The molecule has 0 saturated carbocycles. The van der Waals surface area contributed by atoms with Gasteiger partial charge in [0.2, 0.25) is 0 Å². The van der Waals surface area contributed by atoms with E-state index in [1.54, 1.807) is 29.1 Å². The molecular formula is C16H13N5O. The maximum Gasteiger partial charge on any atom is 0.144 e. The number of aromatic nitrogens is 5. The van der Waals surface area contributed by atoms with Crippen molar-refractivity contribution in [2.45, 2.75) is 0 Å². The topological polar surface area (TPSA) is 68.8 Å². The number of benzene rings is 2. The predicted octanol–water partition coefficient (Wildman–Crippen LogP) is 2.53. The van der Waals surface area contributed by atoms with Crippen LogP contribution in [0.4, 0.5) is 0 Å². The summed E-state index contributed by atoms with van der Waals surface area (Å²) in [6, 6.07) is 13.0. The molecule has 2 heterocycles. The summed E-state index contributed by atoms with van der Waals surface area (Å²) >= 11 is 0. The molecule has 6 heteroatoms. The molecule has 0 spiro atoms. The first-order valence-electron chi connectivity index (χ1n) is 6.85. The number of aryl methyl sites for hydroxylation is 1. The largest absolute Gasteiger partial charge is 0.508 e. The lowest BCUT2D eigenvalue weighted by Gasteiger charge is -2.08. The Labute approximate surface area is 126 Å². The summed E-state index contributed by atoms with van der Waals surface area (Å²) in [5, 5.41) is 17.8. The summed E-state index contributed by atoms with van der Waals surface area (Å²) in [5.74, 6) is 0.982. The van der Waals surface area contributed by atoms with Gasteiger partial charge in [0.15, 0.2) is 0 Å². The third-order valence-corrected chi connectivity index (χ3v) is 3.62. The molecule has 2 aromatic heterocycles. The second-order valence-corrected chi connectivity index (χ2v) is 5.06. The second kappa shape index (κ2) is 4.70. The highest BCUT2D eigenvalue weighted by Gasteiger charge is 2.10. The van der Waals surface area contributed by atoms with Crippen molar-refractivity contribution in [1.82, 2.24) is 24.5 Å². The fourth-order valence-corrected chi connectivity index (χ4v) is 2.55. The van der Waals surface area contributed by atoms with E-state index in [1.807, 2.05) is 42.1 Å². The lowest BCUT2D eigenvalue weighted by atomic mass is 10.2. The maximum absolute atomic E-state index is 9.66. The number of nitrogens with zero attached hydrogens (tertiary/aromatic N) is 5. The van der Waals surface area contributed by atoms with Crippen molar-refractivity contribution in [3.8, 4) is 22.8 Å². The van der Waals surface area contributed by atoms with E-state index in [4.69, 9.17) is 0 Å². The lowest BCUT2D eigenvalue weighted by Crippen LogP contribution is -1.96. The summed E-state index contributed by atoms with van der Waals surface area (Å²) in [5.41, 5.74) is 3.60. The fraction of sp³-hybridized carbons (Fsp3) is 0.0625. The molecule has 6 nitrogen and oxygen atoms in total. The molecule has 0 fully saturated rings. The molecule has 0 aliphatic rings. The zero-order valence-corrected chi connectivity index (χ0v) is 11.9. The molecule has 0 saturated heterocycles. The first kappa shape index (κ1) is 12.6. The highest BCUT2D eigenvalue weighted by molar-refractivity contribution is 5.77. The van der Waals surface area contributed by atoms with Gasteiger partial charge in [-0.1, -0.05) is 17.3 Å². The zero-order chi connectivity index (χ0) is 15.1. The normalized spacial score (nSPS) is 11.1. The van der Waals surface area contributed by atoms with Gasteiger partial charge in [-0.3, -0.25) is 4.57 Å². The molecule has 0 unspecified atom stereocenters. The van der Waals surface area contributed by atoms with Crippen molar-refractivity contribution >= 4 is 11.0 Å². The molecule has 0 bridgehead atoms. The fourth-order valence-electron chi connectivity index (χ4n) is 2.55. The molecule has 0 aliphatic carbocycles. The summed E-state index contributed by atoms with van der Waals surface area (Å²) in [6.07, 6.45) is 3.62. The molecule has 0 radical (unpaired) electrons. The van der Waals surface area contributed by atoms with E-state index in [9.17, 15) is 5.11 Å². The molecule has 22 heavy (non-hydrogen) atoms. The van der Waals surface area contributed by atoms with Crippen molar-refractivity contribution in [3.63, 3.8) is 0 Å². The molecule has 108 valence electrons. The number of phenols is 1. The summed E-state index contributed by atoms with van der Waals surface area (Å²) in [4.78, 5) is 4.40. The number of imidazole rings is 1. The van der Waals surface area contributed by atoms with Crippen LogP contribution in [0.15, 0.2) is 54.9 Å². The standard InChI is InChI=1S/C16H13N5O/c1-20-15-6-5-12(10-14(15)18-19-20)21-8-7-17-16(21)11-3-2-4-13(22)9-11/h2-10,22H,1H3. The Morgan fingerprint density at radius 2 is 2.00 bits per heavy atom. The van der Waals surface area contributed by atoms with E-state index < -0.39 is 0 Å². The van der Waals surface area contributed by atoms with Crippen LogP contribution in [-0.4, -0.2) is 29.7 Å². The van der Waals surface area contributed by atoms with E-state index in [1.165, 1.54) is 0 Å². The molecule has 4 rings (SSSR count). The van der Waals surface area contributed by atoms with Crippen LogP contribution in [0.5, 0.6) is 5.75 Å². The predicted molar refractivity (Wildman–Crippen MR) is 82.7 cm³/mol. The zero-order valence-electron chi connectivity index (χ0n) is 11.9. The molecule has 0 atom stereocenters. The monoisotopic (exact) mass is 291 g/mol. The first-order valence-corrected chi connectivity index (χ1v) is 6.85. The number of aromatic hydroxyl groups is 1. The quantitative estimate of drug-likeness (QED) is 0.616. The lowest BCUT2D eigenvalue weighted by molar-refractivity contribution is 0.475. The Balaban J connectivity index is 1.87. The smallest absolute Gasteiger partial charge is 0.144 e. The number of phenolic OH excluding ortho intramolecular Hbond substituents is 1. The van der Waals surface area contributed by atoms with Crippen LogP contribution < -0.4 is 0 Å². The van der Waals surface area contributed by atoms with Crippen LogP contribution >= 0.6 is 0 Å². The van der Waals surface area contributed by atoms with E-state index in [0.29, 0.717) is 0 Å². The van der Waals surface area contributed by atoms with Crippen LogP contribution in [0.25, 0.3) is 28.1 Å². The van der Waals surface area contributed by atoms with Gasteiger partial charge in [-0.15, -0.1) is 5.10 Å². The van der Waals surface area contributed by atoms with Crippen LogP contribution in [0, 0.1) is 0 Å². The summed E-state index contributed by atoms with van der Waals surface area (Å²) in [7, 11) is 1.87. The van der Waals surface area contributed by atoms with Crippen molar-refractivity contribution < 1.29 is 5.11 Å². The van der Waals surface area contributed by atoms with Gasteiger partial charge < -0.3 is 5.11 Å². The Morgan fingerprint density at radius 3 is 2.86 bits per heavy atom. The molecule has 2 aromatic carbocycles. The molecule has 4 aromatic rings. The van der Waals surface area contributed by atoms with Crippen molar-refractivity contribution in [2.75, 3.05) is 0 Å². The molecule has 1 N–H and O–H groups in total. The second-order valence-electron chi connectivity index (χ2n) is 5.06. The van der Waals surface area contributed by atoms with Crippen molar-refractivity contribution in [2.24, 2.45) is 7.05 Å². The Kier molecular flexibility index (Phi) is 2.69. The van der Waals surface area contributed by atoms with Gasteiger partial charge in [0.1, 0.15) is 17.1 Å². The third-order valence-electron chi connectivity index (χ3n) is 3.62. The van der Waals surface area contributed by atoms with E-state index in [2.05, 4.69) is 15.3 Å². The van der Waals surface area contributed by atoms with Gasteiger partial charge in [-0.05, 0) is 30.3 Å². The summed E-state index contributed by atoms with van der Waals surface area (Å²) in [6.45, 7) is 0. The van der Waals surface area contributed by atoms with Gasteiger partial charge in [-0.2, -0.15) is 0 Å². The van der Waals surface area contributed by atoms with E-state index in [-0.39, 0.29) is 5.75 Å². The molecular weight excluding hydrogens is 278 g/mol. The summed E-state index contributed by atoms with van der Waals surface area (Å²) < 4.78 is 3.70. The third kappa shape index (κ3) is 1.93. The van der Waals surface area contributed by atoms with Crippen LogP contribution in [0.1, 0.15) is 0 Å². The van der Waals surface area contributed by atoms with Crippen LogP contribution in [0.2, 0.25) is 0 Å². The Morgan fingerprint density at radius 1 is 1.09 bits per heavy atom. The van der Waals surface area contributed by atoms with Gasteiger partial charge in [0.25, 0.3) is 0 Å². The van der Waals surface area contributed by atoms with Crippen molar-refractivity contribution in [3.05, 3.63) is 54.9 Å². The van der Waals surface area contributed by atoms with Gasteiger partial charge in [0.05, 0.1) is 5.52 Å². The van der Waals surface area contributed by atoms with Crippen LogP contribution in [-0.2, 0) is 7.05 Å². The number of fused-ring (bicyclic) bond motifs is 1. The minimum atomic E-state index is 0.219. The maximum atomic E-state index is 9.66. The first-order chi connectivity index (χ1) is 10.7. The number of hydrogen-bond donors (Lipinski definition) is 1. The molecule has 0 amide bonds. The van der Waals surface area contributed by atoms with E-state index in [0.717, 1.165) is 28.1 Å². The molecule has 0 aliphatic heterocycles. The Hall–Kier alpha value is -3.15. The Bertz CT molecular complexity index is 970. The number of rotatable bonds is 2. The number of hydrogen-bond acceptors (Lipinski definition) is 4. The van der Waals surface area contributed by atoms with E-state index >= 15 is 0 Å². The minimum Gasteiger partial charge on any atom is -0.508 e. The highest BCUT2D eigenvalue weighted by atomic mass is 16.3. The van der Waals surface area contributed by atoms with Gasteiger partial charge in [-0.25, -0.2) is 9.67 Å². The highest BCUT2D eigenvalue weighted by Crippen LogP contribution is 2.25. The SMILES string of the molecule is Cn1nnc2cc(-n3ccnc3-c3cccc(O)c3)ccc21. The average Bonchev–Trinajstić information content (AvgIpc) is 3.14. The minimum absolute atomic E-state index is 0.219.